The van der Waals surface area contributed by atoms with Gasteiger partial charge in [-0.05, 0) is 44.2 Å². The van der Waals surface area contributed by atoms with Crippen molar-refractivity contribution in [1.82, 2.24) is 20.0 Å². The van der Waals surface area contributed by atoms with E-state index in [1.165, 1.54) is 22.2 Å². The number of nitrogens with zero attached hydrogens (tertiary/aromatic N) is 5. The van der Waals surface area contributed by atoms with Crippen molar-refractivity contribution in [3.63, 3.8) is 0 Å². The molecule has 1 saturated heterocycles. The molecule has 1 aliphatic heterocycles. The molecule has 4 aromatic rings. The van der Waals surface area contributed by atoms with Crippen LogP contribution >= 0.6 is 22.9 Å². The van der Waals surface area contributed by atoms with Crippen LogP contribution in [0.3, 0.4) is 0 Å². The van der Waals surface area contributed by atoms with Crippen molar-refractivity contribution < 1.29 is 28.5 Å². The molecule has 200 valence electrons. The Morgan fingerprint density at radius 3 is 2.71 bits per heavy atom. The minimum absolute atomic E-state index is 0.0225. The van der Waals surface area contributed by atoms with Gasteiger partial charge in [0.05, 0.1) is 34.6 Å². The van der Waals surface area contributed by atoms with Gasteiger partial charge in [-0.15, -0.1) is 16.4 Å². The van der Waals surface area contributed by atoms with E-state index in [0.29, 0.717) is 5.69 Å². The number of carbonyl (C=O) groups is 1. The molecular formula is C25H24ClF2N5O4S. The molecule has 0 radical (unpaired) electrons. The van der Waals surface area contributed by atoms with Crippen molar-refractivity contribution in [3.05, 3.63) is 58.7 Å². The molecule has 1 amide bonds. The number of thiazole rings is 1. The molecule has 0 spiro atoms. The maximum atomic E-state index is 14.0. The monoisotopic (exact) mass is 563 g/mol. The van der Waals surface area contributed by atoms with E-state index in [-0.39, 0.29) is 29.6 Å². The van der Waals surface area contributed by atoms with Gasteiger partial charge in [0.15, 0.2) is 0 Å². The summed E-state index contributed by atoms with van der Waals surface area (Å²) in [6, 6.07) is 6.57. The van der Waals surface area contributed by atoms with E-state index >= 15 is 0 Å². The van der Waals surface area contributed by atoms with E-state index in [2.05, 4.69) is 15.3 Å². The molecule has 1 fully saturated rings. The van der Waals surface area contributed by atoms with E-state index in [1.807, 2.05) is 32.0 Å². The zero-order chi connectivity index (χ0) is 27.1. The smallest absolute Gasteiger partial charge is 0.256 e. The predicted molar refractivity (Wildman–Crippen MR) is 138 cm³/mol. The third kappa shape index (κ3) is 4.90. The highest BCUT2D eigenvalue weighted by atomic mass is 35.5. The van der Waals surface area contributed by atoms with E-state index in [9.17, 15) is 23.8 Å². The Morgan fingerprint density at radius 2 is 2.03 bits per heavy atom. The third-order valence-electron chi connectivity index (χ3n) is 6.50. The lowest BCUT2D eigenvalue weighted by Crippen LogP contribution is -2.54. The largest absolute Gasteiger partial charge is 0.394 e. The topological polar surface area (TPSA) is 114 Å². The number of aromatic nitrogens is 4. The summed E-state index contributed by atoms with van der Waals surface area (Å²) < 4.78 is 36.1. The van der Waals surface area contributed by atoms with Crippen LogP contribution in [0.25, 0.3) is 21.5 Å². The van der Waals surface area contributed by atoms with Crippen molar-refractivity contribution in [2.75, 3.05) is 11.5 Å². The third-order valence-corrected chi connectivity index (χ3v) is 7.65. The van der Waals surface area contributed by atoms with Gasteiger partial charge in [0.25, 0.3) is 5.91 Å². The lowest BCUT2D eigenvalue weighted by molar-refractivity contribution is -0.169. The number of aliphatic hydroxyl groups excluding tert-OH is 2. The van der Waals surface area contributed by atoms with Gasteiger partial charge in [-0.1, -0.05) is 16.8 Å². The number of fused-ring (bicyclic) bond motifs is 1. The first-order chi connectivity index (χ1) is 18.2. The fourth-order valence-electron chi connectivity index (χ4n) is 4.63. The van der Waals surface area contributed by atoms with Gasteiger partial charge in [-0.3, -0.25) is 4.79 Å². The highest BCUT2D eigenvalue weighted by Crippen LogP contribution is 2.34. The summed E-state index contributed by atoms with van der Waals surface area (Å²) in [5.41, 5.74) is 3.48. The lowest BCUT2D eigenvalue weighted by atomic mass is 9.94. The van der Waals surface area contributed by atoms with Crippen LogP contribution in [0, 0.1) is 11.6 Å². The first kappa shape index (κ1) is 26.6. The SMILES string of the molecule is CC(C)N(C(=O)[C@H]1C[C@@H](n2cc(-c3cc(F)c(Cl)c(F)c3)nn2)[C@@H](O)[C@@H](CO)O1)c1ccc2ncsc2c1. The molecule has 9 nitrogen and oxygen atoms in total. The molecule has 2 aromatic heterocycles. The molecule has 2 aromatic carbocycles. The van der Waals surface area contributed by atoms with E-state index in [1.54, 1.807) is 10.4 Å². The van der Waals surface area contributed by atoms with Crippen molar-refractivity contribution in [2.45, 2.75) is 50.7 Å². The number of anilines is 1. The van der Waals surface area contributed by atoms with E-state index in [0.717, 1.165) is 22.3 Å². The Kier molecular flexibility index (Phi) is 7.43. The summed E-state index contributed by atoms with van der Waals surface area (Å²) >= 11 is 7.04. The lowest BCUT2D eigenvalue weighted by Gasteiger charge is -2.40. The molecule has 0 saturated carbocycles. The molecule has 13 heteroatoms. The van der Waals surface area contributed by atoms with Crippen LogP contribution in [0.15, 0.2) is 42.0 Å². The number of carbonyl (C=O) groups excluding carboxylic acids is 1. The van der Waals surface area contributed by atoms with E-state index in [4.69, 9.17) is 16.3 Å². The van der Waals surface area contributed by atoms with Crippen LogP contribution < -0.4 is 4.90 Å². The fourth-order valence-corrected chi connectivity index (χ4v) is 5.45. The molecule has 5 rings (SSSR count). The van der Waals surface area contributed by atoms with Crippen molar-refractivity contribution in [3.8, 4) is 11.3 Å². The molecular weight excluding hydrogens is 540 g/mol. The molecule has 2 N–H and O–H groups in total. The summed E-state index contributed by atoms with van der Waals surface area (Å²) in [4.78, 5) is 19.7. The number of ether oxygens (including phenoxy) is 1. The maximum absolute atomic E-state index is 14.0. The number of benzene rings is 2. The summed E-state index contributed by atoms with van der Waals surface area (Å²) in [6.45, 7) is 3.22. The molecule has 4 atom stereocenters. The summed E-state index contributed by atoms with van der Waals surface area (Å²) in [7, 11) is 0. The average molecular weight is 564 g/mol. The minimum atomic E-state index is -1.22. The first-order valence-electron chi connectivity index (χ1n) is 11.9. The van der Waals surface area contributed by atoms with Crippen molar-refractivity contribution >= 4 is 44.7 Å². The number of rotatable bonds is 6. The molecule has 0 unspecified atom stereocenters. The Balaban J connectivity index is 1.44. The first-order valence-corrected chi connectivity index (χ1v) is 13.1. The number of aliphatic hydroxyl groups is 2. The summed E-state index contributed by atoms with van der Waals surface area (Å²) in [6.07, 6.45) is -1.88. The van der Waals surface area contributed by atoms with Gasteiger partial charge in [0.2, 0.25) is 0 Å². The second-order valence-corrected chi connectivity index (χ2v) is 10.5. The van der Waals surface area contributed by atoms with Crippen LogP contribution in [0.2, 0.25) is 5.02 Å². The zero-order valence-corrected chi connectivity index (χ0v) is 21.9. The van der Waals surface area contributed by atoms with Gasteiger partial charge >= 0.3 is 0 Å². The number of amides is 1. The molecule has 0 bridgehead atoms. The van der Waals surface area contributed by atoms with Gasteiger partial charge in [0.1, 0.15) is 40.7 Å². The van der Waals surface area contributed by atoms with Crippen LogP contribution in [0.1, 0.15) is 26.3 Å². The van der Waals surface area contributed by atoms with Gasteiger partial charge in [-0.25, -0.2) is 18.4 Å². The maximum Gasteiger partial charge on any atom is 0.256 e. The number of hydrogen-bond acceptors (Lipinski definition) is 8. The van der Waals surface area contributed by atoms with Gasteiger partial charge in [0, 0.05) is 23.7 Å². The van der Waals surface area contributed by atoms with Crippen LogP contribution in [-0.4, -0.2) is 67.1 Å². The molecule has 38 heavy (non-hydrogen) atoms. The zero-order valence-electron chi connectivity index (χ0n) is 20.3. The fraction of sp³-hybridized carbons (Fsp3) is 0.360. The highest BCUT2D eigenvalue weighted by Gasteiger charge is 2.43. The standard InChI is InChI=1S/C25H24ClF2N5O4S/c1-12(2)33(14-3-4-17-22(7-14)38-11-29-17)25(36)20-8-19(24(35)21(10-34)37-20)32-9-18(30-31-32)13-5-15(27)23(26)16(28)6-13/h3-7,9,11-12,19-21,24,34-35H,8,10H2,1-2H3/t19-,20-,21-,24-/m1/s1. The minimum Gasteiger partial charge on any atom is -0.394 e. The number of halogens is 3. The second kappa shape index (κ2) is 10.6. The van der Waals surface area contributed by atoms with Crippen molar-refractivity contribution in [2.24, 2.45) is 0 Å². The van der Waals surface area contributed by atoms with E-state index < -0.39 is 47.6 Å². The Morgan fingerprint density at radius 1 is 1.29 bits per heavy atom. The number of hydrogen-bond donors (Lipinski definition) is 2. The normalized spacial score (nSPS) is 21.8. The summed E-state index contributed by atoms with van der Waals surface area (Å²) in [5, 5.41) is 28.2. The van der Waals surface area contributed by atoms with Gasteiger partial charge < -0.3 is 19.8 Å². The molecule has 3 heterocycles. The second-order valence-electron chi connectivity index (χ2n) is 9.28. The van der Waals surface area contributed by atoms with Crippen LogP contribution in [0.4, 0.5) is 14.5 Å². The predicted octanol–water partition coefficient (Wildman–Crippen LogP) is 3.98. The Bertz CT molecular complexity index is 1460. The Labute approximate surface area is 225 Å². The highest BCUT2D eigenvalue weighted by molar-refractivity contribution is 7.16. The molecule has 0 aliphatic carbocycles. The van der Waals surface area contributed by atoms with Crippen molar-refractivity contribution in [1.29, 1.82) is 0 Å². The Hall–Kier alpha value is -3.03. The average Bonchev–Trinajstić information content (AvgIpc) is 3.56. The van der Waals surface area contributed by atoms with Gasteiger partial charge in [-0.2, -0.15) is 0 Å². The quantitative estimate of drug-likeness (QED) is 0.341. The molecule has 1 aliphatic rings. The summed E-state index contributed by atoms with van der Waals surface area (Å²) in [5.74, 6) is -2.24. The van der Waals surface area contributed by atoms with Crippen LogP contribution in [0.5, 0.6) is 0 Å². The van der Waals surface area contributed by atoms with Crippen LogP contribution in [-0.2, 0) is 9.53 Å².